The summed E-state index contributed by atoms with van der Waals surface area (Å²) in [4.78, 5) is 31.9. The molecule has 1 atom stereocenters. The van der Waals surface area contributed by atoms with Gasteiger partial charge in [0.1, 0.15) is 10.6 Å². The molecule has 4 aromatic rings. The van der Waals surface area contributed by atoms with Crippen molar-refractivity contribution in [2.24, 2.45) is 7.05 Å². The SMILES string of the molecule is CC(Sc1nc2scc(-c3cccs3)c2c(=O)n1C)C(=O)c1ccc(F)cc1. The molecule has 1 aromatic carbocycles. The van der Waals surface area contributed by atoms with Crippen LogP contribution in [0, 0.1) is 5.82 Å². The van der Waals surface area contributed by atoms with E-state index in [1.54, 1.807) is 25.3 Å². The zero-order valence-corrected chi connectivity index (χ0v) is 17.5. The van der Waals surface area contributed by atoms with Gasteiger partial charge < -0.3 is 0 Å². The second kappa shape index (κ2) is 7.62. The lowest BCUT2D eigenvalue weighted by atomic mass is 10.1. The van der Waals surface area contributed by atoms with E-state index < -0.39 is 5.25 Å². The highest BCUT2D eigenvalue weighted by Crippen LogP contribution is 2.35. The molecule has 28 heavy (non-hydrogen) atoms. The van der Waals surface area contributed by atoms with Gasteiger partial charge in [-0.15, -0.1) is 22.7 Å². The van der Waals surface area contributed by atoms with Gasteiger partial charge in [0.15, 0.2) is 10.9 Å². The van der Waals surface area contributed by atoms with Crippen LogP contribution in [0.4, 0.5) is 4.39 Å². The molecule has 142 valence electrons. The molecule has 0 saturated heterocycles. The Morgan fingerprint density at radius 3 is 2.64 bits per heavy atom. The monoisotopic (exact) mass is 430 g/mol. The third-order valence-corrected chi connectivity index (χ3v) is 7.26. The van der Waals surface area contributed by atoms with Gasteiger partial charge in [-0.25, -0.2) is 9.37 Å². The van der Waals surface area contributed by atoms with Gasteiger partial charge in [-0.1, -0.05) is 17.8 Å². The second-order valence-corrected chi connectivity index (χ2v) is 9.31. The number of fused-ring (bicyclic) bond motifs is 1. The van der Waals surface area contributed by atoms with E-state index >= 15 is 0 Å². The number of halogens is 1. The summed E-state index contributed by atoms with van der Waals surface area (Å²) in [7, 11) is 1.67. The average Bonchev–Trinajstić information content (AvgIpc) is 3.35. The smallest absolute Gasteiger partial charge is 0.263 e. The lowest BCUT2D eigenvalue weighted by Crippen LogP contribution is -2.22. The Labute approximate surface area is 172 Å². The van der Waals surface area contributed by atoms with Crippen LogP contribution in [0.25, 0.3) is 20.7 Å². The van der Waals surface area contributed by atoms with Crippen LogP contribution in [0.15, 0.2) is 57.1 Å². The number of carbonyl (C=O) groups excluding carboxylic acids is 1. The van der Waals surface area contributed by atoms with E-state index in [0.717, 1.165) is 10.4 Å². The Bertz CT molecular complexity index is 1210. The number of thioether (sulfide) groups is 1. The molecule has 0 radical (unpaired) electrons. The summed E-state index contributed by atoms with van der Waals surface area (Å²) in [6.07, 6.45) is 0. The van der Waals surface area contributed by atoms with Crippen LogP contribution in [-0.2, 0) is 7.05 Å². The molecule has 0 N–H and O–H groups in total. The highest BCUT2D eigenvalue weighted by molar-refractivity contribution is 8.00. The van der Waals surface area contributed by atoms with Gasteiger partial charge in [0.2, 0.25) is 0 Å². The summed E-state index contributed by atoms with van der Waals surface area (Å²) in [6.45, 7) is 1.76. The summed E-state index contributed by atoms with van der Waals surface area (Å²) in [5.41, 5.74) is 1.21. The minimum Gasteiger partial charge on any atom is -0.293 e. The molecule has 0 aliphatic carbocycles. The van der Waals surface area contributed by atoms with Crippen LogP contribution >= 0.6 is 34.4 Å². The highest BCUT2D eigenvalue weighted by atomic mass is 32.2. The summed E-state index contributed by atoms with van der Waals surface area (Å²) < 4.78 is 14.6. The number of thiophene rings is 2. The molecular weight excluding hydrogens is 415 g/mol. The predicted molar refractivity (Wildman–Crippen MR) is 114 cm³/mol. The number of benzene rings is 1. The summed E-state index contributed by atoms with van der Waals surface area (Å²) in [5, 5.41) is 4.56. The van der Waals surface area contributed by atoms with Crippen molar-refractivity contribution in [3.05, 3.63) is 68.9 Å². The number of hydrogen-bond donors (Lipinski definition) is 0. The molecule has 0 fully saturated rings. The lowest BCUT2D eigenvalue weighted by Gasteiger charge is -2.12. The van der Waals surface area contributed by atoms with Crippen molar-refractivity contribution in [3.8, 4) is 10.4 Å². The first-order valence-electron chi connectivity index (χ1n) is 8.44. The van der Waals surface area contributed by atoms with Gasteiger partial charge in [-0.05, 0) is 42.6 Å². The van der Waals surface area contributed by atoms with Crippen molar-refractivity contribution in [2.75, 3.05) is 0 Å². The van der Waals surface area contributed by atoms with E-state index in [-0.39, 0.29) is 17.2 Å². The molecule has 4 rings (SSSR count). The van der Waals surface area contributed by atoms with Gasteiger partial charge in [-0.2, -0.15) is 0 Å². The number of carbonyl (C=O) groups is 1. The maximum atomic E-state index is 13.1. The second-order valence-electron chi connectivity index (χ2n) is 6.20. The molecule has 3 aromatic heterocycles. The molecular formula is C20H15FN2O2S3. The van der Waals surface area contributed by atoms with Crippen molar-refractivity contribution in [2.45, 2.75) is 17.3 Å². The Morgan fingerprint density at radius 1 is 1.21 bits per heavy atom. The number of rotatable bonds is 5. The van der Waals surface area contributed by atoms with E-state index in [2.05, 4.69) is 4.98 Å². The first kappa shape index (κ1) is 19.0. The normalized spacial score (nSPS) is 12.4. The third kappa shape index (κ3) is 3.43. The van der Waals surface area contributed by atoms with Crippen LogP contribution < -0.4 is 5.56 Å². The Balaban J connectivity index is 1.68. The Kier molecular flexibility index (Phi) is 5.18. The minimum absolute atomic E-state index is 0.126. The van der Waals surface area contributed by atoms with E-state index in [1.807, 2.05) is 22.9 Å². The summed E-state index contributed by atoms with van der Waals surface area (Å²) in [6, 6.07) is 9.41. The number of nitrogens with zero attached hydrogens (tertiary/aromatic N) is 2. The van der Waals surface area contributed by atoms with Crippen LogP contribution in [0.1, 0.15) is 17.3 Å². The predicted octanol–water partition coefficient (Wildman–Crippen LogP) is 5.23. The molecule has 8 heteroatoms. The number of hydrogen-bond acceptors (Lipinski definition) is 6. The molecule has 4 nitrogen and oxygen atoms in total. The van der Waals surface area contributed by atoms with Gasteiger partial charge in [0.05, 0.1) is 10.6 Å². The lowest BCUT2D eigenvalue weighted by molar-refractivity contribution is 0.0994. The molecule has 0 aliphatic rings. The van der Waals surface area contributed by atoms with E-state index in [1.165, 1.54) is 51.9 Å². The Morgan fingerprint density at radius 2 is 1.96 bits per heavy atom. The quantitative estimate of drug-likeness (QED) is 0.247. The van der Waals surface area contributed by atoms with Gasteiger partial charge in [0.25, 0.3) is 5.56 Å². The van der Waals surface area contributed by atoms with Crippen molar-refractivity contribution < 1.29 is 9.18 Å². The van der Waals surface area contributed by atoms with Crippen molar-refractivity contribution in [3.63, 3.8) is 0 Å². The van der Waals surface area contributed by atoms with Gasteiger partial charge in [0, 0.05) is 28.4 Å². The third-order valence-electron chi connectivity index (χ3n) is 4.34. The largest absolute Gasteiger partial charge is 0.293 e. The molecule has 3 heterocycles. The molecule has 1 unspecified atom stereocenters. The molecule has 0 aliphatic heterocycles. The fourth-order valence-corrected chi connectivity index (χ4v) is 5.59. The molecule has 0 bridgehead atoms. The van der Waals surface area contributed by atoms with E-state index in [0.29, 0.717) is 20.9 Å². The topological polar surface area (TPSA) is 52.0 Å². The summed E-state index contributed by atoms with van der Waals surface area (Å²) >= 11 is 4.24. The van der Waals surface area contributed by atoms with Gasteiger partial charge >= 0.3 is 0 Å². The van der Waals surface area contributed by atoms with E-state index in [9.17, 15) is 14.0 Å². The number of aromatic nitrogens is 2. The molecule has 0 amide bonds. The number of Topliss-reactive ketones (excluding diaryl/α,β-unsaturated/α-hetero) is 1. The van der Waals surface area contributed by atoms with Crippen LogP contribution in [-0.4, -0.2) is 20.6 Å². The minimum atomic E-state index is -0.460. The highest BCUT2D eigenvalue weighted by Gasteiger charge is 2.21. The van der Waals surface area contributed by atoms with Crippen molar-refractivity contribution >= 4 is 50.4 Å². The Hall–Kier alpha value is -2.29. The average molecular weight is 431 g/mol. The van der Waals surface area contributed by atoms with Crippen LogP contribution in [0.3, 0.4) is 0 Å². The zero-order valence-electron chi connectivity index (χ0n) is 15.0. The van der Waals surface area contributed by atoms with Gasteiger partial charge in [-0.3, -0.25) is 14.2 Å². The number of ketones is 1. The fourth-order valence-electron chi connectivity index (χ4n) is 2.83. The standard InChI is InChI=1S/C20H15FN2O2S3/c1-11(17(24)12-5-7-13(21)8-6-12)28-20-22-18-16(19(25)23(20)2)14(10-27-18)15-4-3-9-26-15/h3-11H,1-2H3. The first-order chi connectivity index (χ1) is 13.5. The maximum Gasteiger partial charge on any atom is 0.263 e. The first-order valence-corrected chi connectivity index (χ1v) is 11.1. The van der Waals surface area contributed by atoms with Crippen LogP contribution in [0.5, 0.6) is 0 Å². The van der Waals surface area contributed by atoms with Crippen LogP contribution in [0.2, 0.25) is 0 Å². The molecule has 0 saturated carbocycles. The fraction of sp³-hybridized carbons (Fsp3) is 0.150. The molecule has 0 spiro atoms. The zero-order chi connectivity index (χ0) is 19.8. The maximum absolute atomic E-state index is 13.1. The van der Waals surface area contributed by atoms with Crippen molar-refractivity contribution in [1.82, 2.24) is 9.55 Å². The van der Waals surface area contributed by atoms with Crippen molar-refractivity contribution in [1.29, 1.82) is 0 Å². The van der Waals surface area contributed by atoms with E-state index in [4.69, 9.17) is 0 Å². The summed E-state index contributed by atoms with van der Waals surface area (Å²) in [5.74, 6) is -0.518.